The van der Waals surface area contributed by atoms with Gasteiger partial charge >= 0.3 is 0 Å². The number of fused-ring (bicyclic) bond motifs is 2. The second kappa shape index (κ2) is 9.02. The highest BCUT2D eigenvalue weighted by molar-refractivity contribution is 5.85. The van der Waals surface area contributed by atoms with Gasteiger partial charge in [0.25, 0.3) is 0 Å². The Morgan fingerprint density at radius 1 is 1.24 bits per heavy atom. The van der Waals surface area contributed by atoms with Crippen molar-refractivity contribution < 1.29 is 4.79 Å². The molecule has 4 nitrogen and oxygen atoms in total. The number of carbonyl (C=O) groups is 1. The van der Waals surface area contributed by atoms with Gasteiger partial charge in [-0.1, -0.05) is 50.6 Å². The summed E-state index contributed by atoms with van der Waals surface area (Å²) in [7, 11) is 0. The highest BCUT2D eigenvalue weighted by Gasteiger charge is 2.41. The number of rotatable bonds is 6. The molecule has 2 aliphatic heterocycles. The number of piperidine rings is 1. The maximum Gasteiger partial charge on any atom is 0.237 e. The quantitative estimate of drug-likeness (QED) is 0.814. The third-order valence-corrected chi connectivity index (χ3v) is 6.00. The third kappa shape index (κ3) is 4.75. The topological polar surface area (TPSA) is 58.4 Å². The fourth-order valence-electron chi connectivity index (χ4n) is 4.25. The summed E-state index contributed by atoms with van der Waals surface area (Å²) in [6.45, 7) is 5.17. The van der Waals surface area contributed by atoms with Gasteiger partial charge in [-0.05, 0) is 37.2 Å². The summed E-state index contributed by atoms with van der Waals surface area (Å²) < 4.78 is 0. The number of carbonyl (C=O) groups excluding carboxylic acids is 1. The van der Waals surface area contributed by atoms with E-state index in [-0.39, 0.29) is 36.3 Å². The molecule has 140 valence electrons. The van der Waals surface area contributed by atoms with Gasteiger partial charge in [0.2, 0.25) is 5.91 Å². The molecule has 1 aromatic rings. The van der Waals surface area contributed by atoms with E-state index in [1.165, 1.54) is 18.4 Å². The predicted octanol–water partition coefficient (Wildman–Crippen LogP) is 3.09. The molecule has 2 aliphatic rings. The highest BCUT2D eigenvalue weighted by atomic mass is 35.5. The zero-order valence-corrected chi connectivity index (χ0v) is 16.2. The highest BCUT2D eigenvalue weighted by Crippen LogP contribution is 2.36. The molecule has 4 unspecified atom stereocenters. The van der Waals surface area contributed by atoms with Crippen LogP contribution in [0.2, 0.25) is 0 Å². The summed E-state index contributed by atoms with van der Waals surface area (Å²) in [5, 5.41) is 3.23. The molecule has 2 heterocycles. The van der Waals surface area contributed by atoms with E-state index in [0.29, 0.717) is 12.1 Å². The Morgan fingerprint density at radius 3 is 2.40 bits per heavy atom. The second-order valence-electron chi connectivity index (χ2n) is 7.63. The van der Waals surface area contributed by atoms with Crippen LogP contribution in [-0.2, 0) is 11.3 Å². The van der Waals surface area contributed by atoms with E-state index in [9.17, 15) is 4.79 Å². The number of halogens is 1. The fraction of sp³-hybridized carbons (Fsp3) is 0.650. The second-order valence-corrected chi connectivity index (χ2v) is 7.63. The number of hydrogen-bond acceptors (Lipinski definition) is 3. The number of amides is 1. The van der Waals surface area contributed by atoms with Crippen molar-refractivity contribution in [1.29, 1.82) is 0 Å². The summed E-state index contributed by atoms with van der Waals surface area (Å²) in [6.07, 6.45) is 5.56. The Morgan fingerprint density at radius 2 is 1.84 bits per heavy atom. The minimum Gasteiger partial charge on any atom is -0.352 e. The largest absolute Gasteiger partial charge is 0.352 e. The number of benzene rings is 1. The normalized spacial score (nSPS) is 28.0. The van der Waals surface area contributed by atoms with Crippen LogP contribution in [0.15, 0.2) is 30.3 Å². The maximum atomic E-state index is 12.4. The van der Waals surface area contributed by atoms with E-state index in [0.717, 1.165) is 25.8 Å². The van der Waals surface area contributed by atoms with Crippen LogP contribution in [0.5, 0.6) is 0 Å². The first-order chi connectivity index (χ1) is 11.6. The van der Waals surface area contributed by atoms with Crippen LogP contribution < -0.4 is 11.1 Å². The fourth-order valence-corrected chi connectivity index (χ4v) is 4.25. The van der Waals surface area contributed by atoms with E-state index in [2.05, 4.69) is 54.4 Å². The maximum absolute atomic E-state index is 12.4. The lowest BCUT2D eigenvalue weighted by atomic mass is 9.94. The molecular weight excluding hydrogens is 334 g/mol. The van der Waals surface area contributed by atoms with Gasteiger partial charge in [-0.25, -0.2) is 0 Å². The van der Waals surface area contributed by atoms with E-state index in [4.69, 9.17) is 5.73 Å². The summed E-state index contributed by atoms with van der Waals surface area (Å²) >= 11 is 0. The standard InChI is InChI=1S/C20H31N3O.ClH/c1-3-14(2)19(21)20(24)22-16-11-17-9-10-18(12-16)23(17)13-15-7-5-4-6-8-15;/h4-8,14,16-19H,3,9-13,21H2,1-2H3,(H,22,24);1H. The van der Waals surface area contributed by atoms with Crippen LogP contribution in [0.3, 0.4) is 0 Å². The lowest BCUT2D eigenvalue weighted by Gasteiger charge is -2.39. The Balaban J connectivity index is 0.00000225. The SMILES string of the molecule is CCC(C)C(N)C(=O)NC1CC2CCC(C1)N2Cc1ccccc1.Cl. The van der Waals surface area contributed by atoms with Crippen molar-refractivity contribution in [1.82, 2.24) is 10.2 Å². The minimum atomic E-state index is -0.380. The van der Waals surface area contributed by atoms with Crippen molar-refractivity contribution in [2.75, 3.05) is 0 Å². The molecule has 3 N–H and O–H groups in total. The van der Waals surface area contributed by atoms with Gasteiger partial charge in [0.1, 0.15) is 0 Å². The average Bonchev–Trinajstić information content (AvgIpc) is 2.83. The molecule has 0 radical (unpaired) electrons. The van der Waals surface area contributed by atoms with Crippen molar-refractivity contribution in [3.8, 4) is 0 Å². The van der Waals surface area contributed by atoms with Crippen molar-refractivity contribution in [3.05, 3.63) is 35.9 Å². The van der Waals surface area contributed by atoms with Gasteiger partial charge in [0.15, 0.2) is 0 Å². The molecule has 5 heteroatoms. The molecule has 4 atom stereocenters. The van der Waals surface area contributed by atoms with Crippen LogP contribution in [0.1, 0.15) is 51.5 Å². The monoisotopic (exact) mass is 365 g/mol. The predicted molar refractivity (Wildman–Crippen MR) is 105 cm³/mol. The Kier molecular flexibility index (Phi) is 7.29. The molecular formula is C20H32ClN3O. The minimum absolute atomic E-state index is 0. The summed E-state index contributed by atoms with van der Waals surface area (Å²) in [5.41, 5.74) is 7.47. The number of nitrogens with zero attached hydrogens (tertiary/aromatic N) is 1. The number of nitrogens with two attached hydrogens (primary N) is 1. The van der Waals surface area contributed by atoms with Crippen molar-refractivity contribution in [2.45, 2.75) is 76.7 Å². The molecule has 3 rings (SSSR count). The van der Waals surface area contributed by atoms with Crippen LogP contribution in [-0.4, -0.2) is 35.0 Å². The molecule has 0 aliphatic carbocycles. The first kappa shape index (κ1) is 20.2. The molecule has 1 aromatic carbocycles. The first-order valence-corrected chi connectivity index (χ1v) is 9.44. The molecule has 2 bridgehead atoms. The van der Waals surface area contributed by atoms with Gasteiger partial charge in [-0.3, -0.25) is 9.69 Å². The number of hydrogen-bond donors (Lipinski definition) is 2. The van der Waals surface area contributed by atoms with Gasteiger partial charge in [-0.15, -0.1) is 12.4 Å². The molecule has 1 amide bonds. The van der Waals surface area contributed by atoms with E-state index < -0.39 is 0 Å². The Bertz CT molecular complexity index is 539. The molecule has 0 saturated carbocycles. The molecule has 25 heavy (non-hydrogen) atoms. The van der Waals surface area contributed by atoms with E-state index in [1.807, 2.05) is 0 Å². The zero-order valence-electron chi connectivity index (χ0n) is 15.4. The third-order valence-electron chi connectivity index (χ3n) is 6.00. The van der Waals surface area contributed by atoms with Crippen molar-refractivity contribution in [2.24, 2.45) is 11.7 Å². The molecule has 0 aromatic heterocycles. The zero-order chi connectivity index (χ0) is 17.1. The van der Waals surface area contributed by atoms with Crippen molar-refractivity contribution in [3.63, 3.8) is 0 Å². The van der Waals surface area contributed by atoms with Gasteiger partial charge in [0, 0.05) is 24.7 Å². The first-order valence-electron chi connectivity index (χ1n) is 9.44. The molecule has 2 saturated heterocycles. The van der Waals surface area contributed by atoms with Crippen LogP contribution in [0, 0.1) is 5.92 Å². The van der Waals surface area contributed by atoms with Crippen LogP contribution in [0.4, 0.5) is 0 Å². The lowest BCUT2D eigenvalue weighted by Crippen LogP contribution is -2.54. The number of nitrogens with one attached hydrogen (secondary N) is 1. The Labute approximate surface area is 157 Å². The van der Waals surface area contributed by atoms with Gasteiger partial charge < -0.3 is 11.1 Å². The summed E-state index contributed by atoms with van der Waals surface area (Å²) in [5.74, 6) is 0.269. The van der Waals surface area contributed by atoms with Crippen LogP contribution >= 0.6 is 12.4 Å². The average molecular weight is 366 g/mol. The Hall–Kier alpha value is -1.10. The summed E-state index contributed by atoms with van der Waals surface area (Å²) in [4.78, 5) is 15.0. The van der Waals surface area contributed by atoms with Crippen molar-refractivity contribution >= 4 is 18.3 Å². The molecule has 2 fully saturated rings. The lowest BCUT2D eigenvalue weighted by molar-refractivity contribution is -0.124. The van der Waals surface area contributed by atoms with Gasteiger partial charge in [-0.2, -0.15) is 0 Å². The van der Waals surface area contributed by atoms with Gasteiger partial charge in [0.05, 0.1) is 6.04 Å². The van der Waals surface area contributed by atoms with E-state index in [1.54, 1.807) is 0 Å². The van der Waals surface area contributed by atoms with Crippen LogP contribution in [0.25, 0.3) is 0 Å². The smallest absolute Gasteiger partial charge is 0.237 e. The van der Waals surface area contributed by atoms with E-state index >= 15 is 0 Å². The summed E-state index contributed by atoms with van der Waals surface area (Å²) in [6, 6.07) is 11.8. The molecule has 0 spiro atoms.